The molecule has 23 heavy (non-hydrogen) atoms. The Morgan fingerprint density at radius 1 is 1.17 bits per heavy atom. The summed E-state index contributed by atoms with van der Waals surface area (Å²) in [5.41, 5.74) is -4.69. The van der Waals surface area contributed by atoms with Crippen LogP contribution in [0.5, 0.6) is 0 Å². The maximum absolute atomic E-state index is 12.6. The number of benzene rings is 1. The summed E-state index contributed by atoms with van der Waals surface area (Å²) in [6.45, 7) is 7.59. The third-order valence-electron chi connectivity index (χ3n) is 4.19. The molecule has 0 aliphatic carbocycles. The van der Waals surface area contributed by atoms with Gasteiger partial charge < -0.3 is 13.9 Å². The van der Waals surface area contributed by atoms with Crippen LogP contribution in [0.1, 0.15) is 33.3 Å². The van der Waals surface area contributed by atoms with Gasteiger partial charge in [0.05, 0.1) is 22.4 Å². The van der Waals surface area contributed by atoms with Crippen molar-refractivity contribution < 1.29 is 27.0 Å². The molecule has 0 radical (unpaired) electrons. The van der Waals surface area contributed by atoms with Crippen LogP contribution >= 0.6 is 15.9 Å². The zero-order valence-corrected chi connectivity index (χ0v) is 15.6. The fraction of sp³-hybridized carbons (Fsp3) is 0.571. The van der Waals surface area contributed by atoms with Crippen molar-refractivity contribution in [1.29, 1.82) is 0 Å². The van der Waals surface area contributed by atoms with Crippen molar-refractivity contribution in [3.8, 4) is 0 Å². The first-order chi connectivity index (χ1) is 10.4. The predicted octanol–water partition coefficient (Wildman–Crippen LogP) is 3.51. The normalized spacial score (nSPS) is 21.5. The molecule has 2 rings (SSSR count). The quantitative estimate of drug-likeness (QED) is 0.433. The highest BCUT2D eigenvalue weighted by Crippen LogP contribution is 2.37. The second-order valence-electron chi connectivity index (χ2n) is 6.30. The smallest absolute Gasteiger partial charge is 0.578 e. The van der Waals surface area contributed by atoms with Crippen molar-refractivity contribution in [3.63, 3.8) is 0 Å². The summed E-state index contributed by atoms with van der Waals surface area (Å²) >= 11 is 0.200. The van der Waals surface area contributed by atoms with E-state index in [1.165, 1.54) is 18.2 Å². The van der Waals surface area contributed by atoms with E-state index in [1.54, 1.807) is 0 Å². The molecule has 1 aliphatic rings. The van der Waals surface area contributed by atoms with Crippen LogP contribution in [0, 0.1) is 0 Å². The van der Waals surface area contributed by atoms with E-state index in [9.17, 15) is 17.7 Å². The van der Waals surface area contributed by atoms with Crippen LogP contribution in [0.25, 0.3) is 0 Å². The summed E-state index contributed by atoms with van der Waals surface area (Å²) in [4.78, 5) is -0.285. The zero-order valence-electron chi connectivity index (χ0n) is 13.2. The van der Waals surface area contributed by atoms with Gasteiger partial charge in [0.2, 0.25) is 0 Å². The summed E-state index contributed by atoms with van der Waals surface area (Å²) in [5.74, 6) is 0. The van der Waals surface area contributed by atoms with Crippen LogP contribution in [0.2, 0.25) is 0 Å². The number of halogens is 4. The molecule has 1 aromatic rings. The highest BCUT2D eigenvalue weighted by molar-refractivity contribution is 9.08. The fourth-order valence-corrected chi connectivity index (χ4v) is 3.34. The van der Waals surface area contributed by atoms with Crippen LogP contribution in [-0.2, 0) is 25.8 Å². The molecule has 1 saturated heterocycles. The van der Waals surface area contributed by atoms with Gasteiger partial charge in [-0.3, -0.25) is 0 Å². The lowest BCUT2D eigenvalue weighted by Crippen LogP contribution is -2.41. The van der Waals surface area contributed by atoms with E-state index >= 15 is 0 Å². The van der Waals surface area contributed by atoms with Gasteiger partial charge in [-0.25, -0.2) is 0 Å². The molecular weight excluding hydrogens is 396 g/mol. The Kier molecular flexibility index (Phi) is 5.20. The molecule has 1 atom stereocenters. The minimum absolute atomic E-state index is 0.285. The summed E-state index contributed by atoms with van der Waals surface area (Å²) in [7, 11) is -0.680. The molecule has 0 N–H and O–H groups in total. The van der Waals surface area contributed by atoms with Crippen LogP contribution in [0.15, 0.2) is 23.1 Å². The number of hydrogen-bond acceptors (Lipinski definition) is 3. The lowest BCUT2D eigenvalue weighted by molar-refractivity contribution is -0.0435. The van der Waals surface area contributed by atoms with E-state index in [0.717, 1.165) is 0 Å². The minimum atomic E-state index is -4.78. The second-order valence-corrected chi connectivity index (χ2v) is 8.33. The van der Waals surface area contributed by atoms with E-state index in [4.69, 9.17) is 9.31 Å². The molecule has 1 aromatic carbocycles. The molecule has 1 aliphatic heterocycles. The zero-order chi connectivity index (χ0) is 17.6. The number of rotatable bonds is 3. The largest absolute Gasteiger partial charge is 0.604 e. The predicted molar refractivity (Wildman–Crippen MR) is 87.3 cm³/mol. The number of alkyl halides is 4. The molecule has 3 nitrogen and oxygen atoms in total. The van der Waals surface area contributed by atoms with Crippen molar-refractivity contribution >= 4 is 39.7 Å². The van der Waals surface area contributed by atoms with Crippen molar-refractivity contribution in [2.75, 3.05) is 0 Å². The Morgan fingerprint density at radius 2 is 1.70 bits per heavy atom. The van der Waals surface area contributed by atoms with E-state index in [-0.39, 0.29) is 4.90 Å². The molecule has 9 heteroatoms. The molecule has 0 amide bonds. The van der Waals surface area contributed by atoms with Gasteiger partial charge in [-0.05, 0) is 50.9 Å². The monoisotopic (exact) mass is 412 g/mol. The average molecular weight is 413 g/mol. The van der Waals surface area contributed by atoms with Gasteiger partial charge in [-0.15, -0.1) is 13.2 Å². The van der Waals surface area contributed by atoms with Crippen LogP contribution < -0.4 is 5.46 Å². The van der Waals surface area contributed by atoms with E-state index in [0.29, 0.717) is 16.4 Å². The Labute approximate surface area is 145 Å². The Hall–Kier alpha value is -0.215. The second kappa shape index (κ2) is 6.26. The molecule has 1 unspecified atom stereocenters. The Bertz CT molecular complexity index is 579. The topological polar surface area (TPSA) is 41.5 Å². The first-order valence-corrected chi connectivity index (χ1v) is 9.19. The summed E-state index contributed by atoms with van der Waals surface area (Å²) in [6, 6.07) is 3.96. The minimum Gasteiger partial charge on any atom is -0.604 e. The number of hydrogen-bond donors (Lipinski definition) is 0. The highest BCUT2D eigenvalue weighted by Gasteiger charge is 2.52. The van der Waals surface area contributed by atoms with Crippen molar-refractivity contribution in [2.45, 2.75) is 54.6 Å². The van der Waals surface area contributed by atoms with Crippen LogP contribution in [-0.4, -0.2) is 28.4 Å². The average Bonchev–Trinajstić information content (AvgIpc) is 2.64. The molecule has 1 fully saturated rings. The van der Waals surface area contributed by atoms with Gasteiger partial charge in [0.15, 0.2) is 4.90 Å². The lowest BCUT2D eigenvalue weighted by Gasteiger charge is -2.32. The van der Waals surface area contributed by atoms with Crippen LogP contribution in [0.3, 0.4) is 0 Å². The maximum atomic E-state index is 12.6. The molecule has 128 valence electrons. The van der Waals surface area contributed by atoms with Gasteiger partial charge in [0.25, 0.3) is 0 Å². The molecular formula is C14H17BBrF3O3S. The Balaban J connectivity index is 2.35. The van der Waals surface area contributed by atoms with E-state index in [2.05, 4.69) is 15.9 Å². The third kappa shape index (κ3) is 3.73. The van der Waals surface area contributed by atoms with Gasteiger partial charge in [-0.1, -0.05) is 22.0 Å². The van der Waals surface area contributed by atoms with E-state index < -0.39 is 35.0 Å². The van der Waals surface area contributed by atoms with Gasteiger partial charge in [-0.2, -0.15) is 0 Å². The van der Waals surface area contributed by atoms with E-state index in [1.807, 2.05) is 27.7 Å². The van der Waals surface area contributed by atoms with Crippen molar-refractivity contribution in [3.05, 3.63) is 23.8 Å². The Morgan fingerprint density at radius 3 is 2.13 bits per heavy atom. The van der Waals surface area contributed by atoms with Gasteiger partial charge in [0.1, 0.15) is 0 Å². The third-order valence-corrected chi connectivity index (χ3v) is 5.90. The molecule has 0 aromatic heterocycles. The highest BCUT2D eigenvalue weighted by atomic mass is 79.9. The summed E-state index contributed by atoms with van der Waals surface area (Å²) in [6.07, 6.45) is 0. The molecule has 0 saturated carbocycles. The van der Waals surface area contributed by atoms with Crippen molar-refractivity contribution in [1.82, 2.24) is 0 Å². The lowest BCUT2D eigenvalue weighted by atomic mass is 9.76. The first kappa shape index (κ1) is 19.1. The fourth-order valence-electron chi connectivity index (χ4n) is 2.15. The standard InChI is InChI=1S/C14H17BBrF3O3S/c1-12(2)13(3,4)22-15(21-12)11-6-5-10(7-9(11)8-16)23(20)14(17,18)19/h5-7H,8H2,1-4H3. The maximum Gasteiger partial charge on any atom is 0.578 e. The van der Waals surface area contributed by atoms with Gasteiger partial charge >= 0.3 is 12.6 Å². The molecule has 0 spiro atoms. The van der Waals surface area contributed by atoms with Crippen LogP contribution in [0.4, 0.5) is 13.2 Å². The van der Waals surface area contributed by atoms with Crippen molar-refractivity contribution in [2.24, 2.45) is 0 Å². The summed E-state index contributed by atoms with van der Waals surface area (Å²) < 4.78 is 61.2. The van der Waals surface area contributed by atoms with Gasteiger partial charge in [0, 0.05) is 5.33 Å². The SMILES string of the molecule is CC1(C)OB(c2ccc([S+]([O-])C(F)(F)F)cc2CBr)OC1(C)C. The molecule has 0 bridgehead atoms. The first-order valence-electron chi connectivity index (χ1n) is 6.92. The molecule has 1 heterocycles. The summed E-state index contributed by atoms with van der Waals surface area (Å²) in [5, 5.41) is 0.301.